The van der Waals surface area contributed by atoms with E-state index in [0.29, 0.717) is 17.0 Å². The van der Waals surface area contributed by atoms with Gasteiger partial charge in [0.1, 0.15) is 5.75 Å². The summed E-state index contributed by atoms with van der Waals surface area (Å²) >= 11 is 0. The lowest BCUT2D eigenvalue weighted by molar-refractivity contribution is -0.137. The van der Waals surface area contributed by atoms with Crippen LogP contribution in [0.3, 0.4) is 0 Å². The highest BCUT2D eigenvalue weighted by atomic mass is 19.4. The molecular formula is C25H20F3N3O2. The Morgan fingerprint density at radius 1 is 1.03 bits per heavy atom. The standard InChI is InChI=1S/C25H20F3N3O2/c26-25(27,28)18-3-1-15(2-4-18)17-11-20(12-17)33-19-5-6-22-21(13-19)23(14-30-22)31-24(32)16-7-9-29-10-8-16/h1-10,13-14,17,20,30H,11-12H2,(H,31,32)/t17-,20-. The molecule has 0 unspecified atom stereocenters. The van der Waals surface area contributed by atoms with E-state index in [-0.39, 0.29) is 17.9 Å². The molecular weight excluding hydrogens is 431 g/mol. The topological polar surface area (TPSA) is 67.0 Å². The number of carbonyl (C=O) groups is 1. The van der Waals surface area contributed by atoms with Crippen LogP contribution in [0, 0.1) is 0 Å². The molecule has 1 aliphatic carbocycles. The average Bonchev–Trinajstić information content (AvgIpc) is 3.18. The van der Waals surface area contributed by atoms with E-state index in [1.54, 1.807) is 42.9 Å². The number of alkyl halides is 3. The van der Waals surface area contributed by atoms with Gasteiger partial charge in [0.25, 0.3) is 5.91 Å². The summed E-state index contributed by atoms with van der Waals surface area (Å²) in [6.45, 7) is 0. The molecule has 2 aromatic heterocycles. The third-order valence-electron chi connectivity index (χ3n) is 5.95. The van der Waals surface area contributed by atoms with Crippen molar-refractivity contribution in [3.8, 4) is 5.75 Å². The molecule has 0 spiro atoms. The van der Waals surface area contributed by atoms with Crippen molar-refractivity contribution in [3.63, 3.8) is 0 Å². The second-order valence-corrected chi connectivity index (χ2v) is 8.13. The van der Waals surface area contributed by atoms with Crippen LogP contribution in [0.25, 0.3) is 10.9 Å². The van der Waals surface area contributed by atoms with Crippen molar-refractivity contribution in [1.29, 1.82) is 0 Å². The number of fused-ring (bicyclic) bond motifs is 1. The van der Waals surface area contributed by atoms with Crippen LogP contribution in [0.4, 0.5) is 18.9 Å². The molecule has 1 aliphatic rings. The molecule has 5 nitrogen and oxygen atoms in total. The molecule has 1 saturated carbocycles. The van der Waals surface area contributed by atoms with Gasteiger partial charge in [0.05, 0.1) is 17.4 Å². The summed E-state index contributed by atoms with van der Waals surface area (Å²) in [5.74, 6) is 0.629. The van der Waals surface area contributed by atoms with Crippen molar-refractivity contribution < 1.29 is 22.7 Å². The minimum absolute atomic E-state index is 0.0106. The van der Waals surface area contributed by atoms with E-state index in [1.165, 1.54) is 0 Å². The number of pyridine rings is 1. The first-order valence-corrected chi connectivity index (χ1v) is 10.5. The average molecular weight is 451 g/mol. The number of benzene rings is 2. The van der Waals surface area contributed by atoms with Crippen LogP contribution in [0.1, 0.15) is 40.2 Å². The number of nitrogens with one attached hydrogen (secondary N) is 2. The Hall–Kier alpha value is -3.81. The van der Waals surface area contributed by atoms with Crippen molar-refractivity contribution in [3.05, 3.63) is 89.9 Å². The fraction of sp³-hybridized carbons (Fsp3) is 0.200. The minimum atomic E-state index is -4.32. The number of ether oxygens (including phenoxy) is 1. The molecule has 1 amide bonds. The van der Waals surface area contributed by atoms with Gasteiger partial charge in [-0.1, -0.05) is 12.1 Å². The fourth-order valence-corrected chi connectivity index (χ4v) is 4.04. The number of hydrogen-bond donors (Lipinski definition) is 2. The number of aromatic amines is 1. The number of carbonyl (C=O) groups excluding carboxylic acids is 1. The Balaban J connectivity index is 1.23. The molecule has 0 aliphatic heterocycles. The highest BCUT2D eigenvalue weighted by molar-refractivity contribution is 6.09. The quantitative estimate of drug-likeness (QED) is 0.382. The van der Waals surface area contributed by atoms with Crippen molar-refractivity contribution in [2.45, 2.75) is 31.0 Å². The second kappa shape index (κ2) is 8.27. The van der Waals surface area contributed by atoms with Crippen LogP contribution in [0.15, 0.2) is 73.2 Å². The lowest BCUT2D eigenvalue weighted by Crippen LogP contribution is -2.32. The zero-order valence-corrected chi connectivity index (χ0v) is 17.4. The Morgan fingerprint density at radius 2 is 1.76 bits per heavy atom. The predicted molar refractivity (Wildman–Crippen MR) is 118 cm³/mol. The summed E-state index contributed by atoms with van der Waals surface area (Å²) in [7, 11) is 0. The number of anilines is 1. The highest BCUT2D eigenvalue weighted by Gasteiger charge is 2.34. The van der Waals surface area contributed by atoms with Gasteiger partial charge < -0.3 is 15.0 Å². The van der Waals surface area contributed by atoms with Gasteiger partial charge in [-0.05, 0) is 66.8 Å². The molecule has 33 heavy (non-hydrogen) atoms. The number of hydrogen-bond acceptors (Lipinski definition) is 3. The Kier molecular flexibility index (Phi) is 5.28. The van der Waals surface area contributed by atoms with Crippen LogP contribution >= 0.6 is 0 Å². The van der Waals surface area contributed by atoms with E-state index in [2.05, 4.69) is 15.3 Å². The third-order valence-corrected chi connectivity index (χ3v) is 5.95. The van der Waals surface area contributed by atoms with Crippen LogP contribution in [0.5, 0.6) is 5.75 Å². The van der Waals surface area contributed by atoms with Crippen LogP contribution in [0.2, 0.25) is 0 Å². The van der Waals surface area contributed by atoms with E-state index < -0.39 is 11.7 Å². The zero-order valence-electron chi connectivity index (χ0n) is 17.4. The smallest absolute Gasteiger partial charge is 0.416 e. The normalized spacial score (nSPS) is 18.0. The molecule has 4 aromatic rings. The minimum Gasteiger partial charge on any atom is -0.490 e. The van der Waals surface area contributed by atoms with Gasteiger partial charge in [-0.3, -0.25) is 9.78 Å². The number of nitrogens with zero attached hydrogens (tertiary/aromatic N) is 1. The van der Waals surface area contributed by atoms with Gasteiger partial charge in [-0.25, -0.2) is 0 Å². The number of aromatic nitrogens is 2. The second-order valence-electron chi connectivity index (χ2n) is 8.13. The van der Waals surface area contributed by atoms with Crippen LogP contribution in [-0.2, 0) is 6.18 Å². The van der Waals surface area contributed by atoms with Crippen molar-refractivity contribution in [2.75, 3.05) is 5.32 Å². The first-order chi connectivity index (χ1) is 15.9. The lowest BCUT2D eigenvalue weighted by Gasteiger charge is -2.35. The molecule has 2 N–H and O–H groups in total. The van der Waals surface area contributed by atoms with E-state index in [9.17, 15) is 18.0 Å². The lowest BCUT2D eigenvalue weighted by atomic mass is 9.77. The van der Waals surface area contributed by atoms with E-state index in [1.807, 2.05) is 18.2 Å². The summed E-state index contributed by atoms with van der Waals surface area (Å²) in [4.78, 5) is 19.5. The van der Waals surface area contributed by atoms with Crippen LogP contribution in [-0.4, -0.2) is 22.0 Å². The SMILES string of the molecule is O=C(Nc1c[nH]c2ccc(O[C@H]3C[C@H](c4ccc(C(F)(F)F)cc4)C3)cc12)c1ccncc1. The maximum absolute atomic E-state index is 12.7. The van der Waals surface area contributed by atoms with Gasteiger partial charge in [0, 0.05) is 35.1 Å². The fourth-order valence-electron chi connectivity index (χ4n) is 4.04. The van der Waals surface area contributed by atoms with Crippen molar-refractivity contribution in [2.24, 2.45) is 0 Å². The number of rotatable bonds is 5. The van der Waals surface area contributed by atoms with Gasteiger partial charge in [0.2, 0.25) is 0 Å². The van der Waals surface area contributed by atoms with Crippen LogP contribution < -0.4 is 10.1 Å². The predicted octanol–water partition coefficient (Wildman–Crippen LogP) is 6.16. The van der Waals surface area contributed by atoms with Gasteiger partial charge in [0.15, 0.2) is 0 Å². The first kappa shape index (κ1) is 21.1. The van der Waals surface area contributed by atoms with Crippen molar-refractivity contribution in [1.82, 2.24) is 9.97 Å². The third kappa shape index (κ3) is 4.41. The summed E-state index contributed by atoms with van der Waals surface area (Å²) in [6, 6.07) is 14.3. The summed E-state index contributed by atoms with van der Waals surface area (Å²) in [5.41, 5.74) is 2.28. The molecule has 8 heteroatoms. The molecule has 168 valence electrons. The van der Waals surface area contributed by atoms with E-state index in [0.717, 1.165) is 41.4 Å². The first-order valence-electron chi connectivity index (χ1n) is 10.5. The number of amides is 1. The highest BCUT2D eigenvalue weighted by Crippen LogP contribution is 2.41. The molecule has 1 fully saturated rings. The Bertz CT molecular complexity index is 1280. The molecule has 0 bridgehead atoms. The van der Waals surface area contributed by atoms with Gasteiger partial charge >= 0.3 is 6.18 Å². The number of H-pyrrole nitrogens is 1. The maximum Gasteiger partial charge on any atom is 0.416 e. The molecule has 2 aromatic carbocycles. The van der Waals surface area contributed by atoms with E-state index in [4.69, 9.17) is 4.74 Å². The van der Waals surface area contributed by atoms with E-state index >= 15 is 0 Å². The molecule has 0 atom stereocenters. The summed E-state index contributed by atoms with van der Waals surface area (Å²) < 4.78 is 44.3. The number of halogens is 3. The Labute approximate surface area is 187 Å². The molecule has 0 radical (unpaired) electrons. The Morgan fingerprint density at radius 3 is 2.45 bits per heavy atom. The van der Waals surface area contributed by atoms with Gasteiger partial charge in [-0.2, -0.15) is 13.2 Å². The summed E-state index contributed by atoms with van der Waals surface area (Å²) in [5, 5.41) is 3.73. The summed E-state index contributed by atoms with van der Waals surface area (Å²) in [6.07, 6.45) is 2.00. The van der Waals surface area contributed by atoms with Crippen molar-refractivity contribution >= 4 is 22.5 Å². The molecule has 0 saturated heterocycles. The zero-order chi connectivity index (χ0) is 23.0. The maximum atomic E-state index is 12.7. The molecule has 5 rings (SSSR count). The van der Waals surface area contributed by atoms with Gasteiger partial charge in [-0.15, -0.1) is 0 Å². The monoisotopic (exact) mass is 451 g/mol. The molecule has 2 heterocycles. The largest absolute Gasteiger partial charge is 0.490 e.